The lowest BCUT2D eigenvalue weighted by molar-refractivity contribution is -0.385. The van der Waals surface area contributed by atoms with Crippen LogP contribution in [-0.4, -0.2) is 36.2 Å². The second kappa shape index (κ2) is 8.08. The molecule has 0 saturated carbocycles. The maximum atomic E-state index is 11.0. The number of hydrogen-bond acceptors (Lipinski definition) is 5. The summed E-state index contributed by atoms with van der Waals surface area (Å²) >= 11 is 0. The van der Waals surface area contributed by atoms with E-state index >= 15 is 0 Å². The standard InChI is InChI=1S/C14H20N2O5/c1-3-4-8-15(9-7-14(17)18)11-5-6-13(21-2)12(10-11)16(19)20/h5-6,10H,3-4,7-9H2,1-2H3,(H,17,18). The summed E-state index contributed by atoms with van der Waals surface area (Å²) in [7, 11) is 1.38. The SMILES string of the molecule is CCCCN(CCC(=O)O)c1ccc(OC)c([N+](=O)[O-])c1. The molecule has 0 atom stereocenters. The van der Waals surface area contributed by atoms with E-state index < -0.39 is 10.9 Å². The second-order valence-electron chi connectivity index (χ2n) is 4.60. The maximum Gasteiger partial charge on any atom is 0.312 e. The van der Waals surface area contributed by atoms with Gasteiger partial charge in [-0.25, -0.2) is 0 Å². The van der Waals surface area contributed by atoms with Crippen molar-refractivity contribution in [3.8, 4) is 5.75 Å². The van der Waals surface area contributed by atoms with E-state index in [9.17, 15) is 14.9 Å². The molecule has 1 aromatic rings. The number of aliphatic carboxylic acids is 1. The number of anilines is 1. The van der Waals surface area contributed by atoms with E-state index in [4.69, 9.17) is 9.84 Å². The molecule has 116 valence electrons. The molecule has 21 heavy (non-hydrogen) atoms. The van der Waals surface area contributed by atoms with E-state index in [0.29, 0.717) is 18.8 Å². The van der Waals surface area contributed by atoms with Crippen molar-refractivity contribution >= 4 is 17.3 Å². The normalized spacial score (nSPS) is 10.2. The minimum Gasteiger partial charge on any atom is -0.490 e. The molecule has 0 aliphatic heterocycles. The van der Waals surface area contributed by atoms with Gasteiger partial charge in [-0.15, -0.1) is 0 Å². The third kappa shape index (κ3) is 4.94. The van der Waals surface area contributed by atoms with Gasteiger partial charge in [-0.1, -0.05) is 13.3 Å². The fraction of sp³-hybridized carbons (Fsp3) is 0.500. The first-order chi connectivity index (χ1) is 9.99. The highest BCUT2D eigenvalue weighted by Crippen LogP contribution is 2.31. The van der Waals surface area contributed by atoms with Crippen LogP contribution in [0, 0.1) is 10.1 Å². The summed E-state index contributed by atoms with van der Waals surface area (Å²) in [4.78, 5) is 23.1. The molecule has 0 aromatic heterocycles. The van der Waals surface area contributed by atoms with Crippen LogP contribution in [0.3, 0.4) is 0 Å². The number of nitrogens with zero attached hydrogens (tertiary/aromatic N) is 2. The highest BCUT2D eigenvalue weighted by Gasteiger charge is 2.18. The molecular weight excluding hydrogens is 276 g/mol. The van der Waals surface area contributed by atoms with E-state index in [-0.39, 0.29) is 17.9 Å². The van der Waals surface area contributed by atoms with Crippen molar-refractivity contribution in [2.45, 2.75) is 26.2 Å². The van der Waals surface area contributed by atoms with E-state index in [0.717, 1.165) is 12.8 Å². The van der Waals surface area contributed by atoms with E-state index in [1.165, 1.54) is 19.2 Å². The van der Waals surface area contributed by atoms with Crippen LogP contribution in [0.1, 0.15) is 26.2 Å². The van der Waals surface area contributed by atoms with Gasteiger partial charge in [-0.3, -0.25) is 14.9 Å². The van der Waals surface area contributed by atoms with Crippen molar-refractivity contribution in [1.82, 2.24) is 0 Å². The molecule has 0 aliphatic carbocycles. The van der Waals surface area contributed by atoms with Gasteiger partial charge in [-0.05, 0) is 18.6 Å². The van der Waals surface area contributed by atoms with Crippen molar-refractivity contribution in [2.75, 3.05) is 25.1 Å². The predicted octanol–water partition coefficient (Wildman–Crippen LogP) is 2.68. The van der Waals surface area contributed by atoms with Gasteiger partial charge >= 0.3 is 11.7 Å². The maximum absolute atomic E-state index is 11.0. The van der Waals surface area contributed by atoms with Gasteiger partial charge in [0.05, 0.1) is 18.5 Å². The van der Waals surface area contributed by atoms with Crippen LogP contribution < -0.4 is 9.64 Å². The third-order valence-corrected chi connectivity index (χ3v) is 3.10. The number of carboxylic acid groups (broad SMARTS) is 1. The number of nitro groups is 1. The number of ether oxygens (including phenoxy) is 1. The summed E-state index contributed by atoms with van der Waals surface area (Å²) in [6, 6.07) is 4.67. The molecule has 0 fully saturated rings. The largest absolute Gasteiger partial charge is 0.490 e. The van der Waals surface area contributed by atoms with Gasteiger partial charge in [0, 0.05) is 24.8 Å². The van der Waals surface area contributed by atoms with Crippen LogP contribution in [0.25, 0.3) is 0 Å². The Hall–Kier alpha value is -2.31. The predicted molar refractivity (Wildman–Crippen MR) is 79.0 cm³/mol. The van der Waals surface area contributed by atoms with Crippen LogP contribution in [0.15, 0.2) is 18.2 Å². The van der Waals surface area contributed by atoms with Crippen LogP contribution in [-0.2, 0) is 4.79 Å². The number of hydrogen-bond donors (Lipinski definition) is 1. The van der Waals surface area contributed by atoms with Crippen LogP contribution in [0.2, 0.25) is 0 Å². The molecule has 7 nitrogen and oxygen atoms in total. The smallest absolute Gasteiger partial charge is 0.312 e. The van der Waals surface area contributed by atoms with Crippen LogP contribution >= 0.6 is 0 Å². The van der Waals surface area contributed by atoms with E-state index in [1.807, 2.05) is 11.8 Å². The lowest BCUT2D eigenvalue weighted by Crippen LogP contribution is -2.27. The van der Waals surface area contributed by atoms with E-state index in [2.05, 4.69) is 0 Å². The van der Waals surface area contributed by atoms with Crippen molar-refractivity contribution in [2.24, 2.45) is 0 Å². The van der Waals surface area contributed by atoms with Gasteiger partial charge in [0.1, 0.15) is 0 Å². The average molecular weight is 296 g/mol. The number of unbranched alkanes of at least 4 members (excludes halogenated alkanes) is 1. The Bertz CT molecular complexity index is 504. The molecule has 0 saturated heterocycles. The highest BCUT2D eigenvalue weighted by molar-refractivity contribution is 5.68. The number of benzene rings is 1. The van der Waals surface area contributed by atoms with Crippen molar-refractivity contribution < 1.29 is 19.6 Å². The van der Waals surface area contributed by atoms with Gasteiger partial charge in [0.2, 0.25) is 0 Å². The van der Waals surface area contributed by atoms with Gasteiger partial charge < -0.3 is 14.7 Å². The Morgan fingerprint density at radius 2 is 2.14 bits per heavy atom. The number of carboxylic acids is 1. The van der Waals surface area contributed by atoms with Gasteiger partial charge in [-0.2, -0.15) is 0 Å². The molecule has 7 heteroatoms. The molecule has 0 heterocycles. The molecule has 0 radical (unpaired) electrons. The second-order valence-corrected chi connectivity index (χ2v) is 4.60. The molecule has 0 unspecified atom stereocenters. The van der Waals surface area contributed by atoms with Crippen molar-refractivity contribution in [3.63, 3.8) is 0 Å². The average Bonchev–Trinajstić information content (AvgIpc) is 2.46. The molecule has 1 N–H and O–H groups in total. The van der Waals surface area contributed by atoms with Gasteiger partial charge in [0.15, 0.2) is 5.75 Å². The molecule has 0 spiro atoms. The zero-order valence-electron chi connectivity index (χ0n) is 12.2. The molecule has 0 amide bonds. The molecular formula is C14H20N2O5. The highest BCUT2D eigenvalue weighted by atomic mass is 16.6. The first-order valence-electron chi connectivity index (χ1n) is 6.78. The number of rotatable bonds is 9. The zero-order valence-corrected chi connectivity index (χ0v) is 12.2. The summed E-state index contributed by atoms with van der Waals surface area (Å²) in [5.74, 6) is -0.697. The fourth-order valence-corrected chi connectivity index (χ4v) is 1.97. The quantitative estimate of drug-likeness (QED) is 0.556. The lowest BCUT2D eigenvalue weighted by Gasteiger charge is -2.24. The summed E-state index contributed by atoms with van der Waals surface area (Å²) < 4.78 is 4.97. The summed E-state index contributed by atoms with van der Waals surface area (Å²) in [5.41, 5.74) is 0.518. The van der Waals surface area contributed by atoms with Crippen molar-refractivity contribution in [3.05, 3.63) is 28.3 Å². The topological polar surface area (TPSA) is 92.9 Å². The van der Waals surface area contributed by atoms with Crippen LogP contribution in [0.4, 0.5) is 11.4 Å². The van der Waals surface area contributed by atoms with Crippen molar-refractivity contribution in [1.29, 1.82) is 0 Å². The fourth-order valence-electron chi connectivity index (χ4n) is 1.97. The summed E-state index contributed by atoms with van der Waals surface area (Å²) in [6.45, 7) is 3.01. The molecule has 1 aromatic carbocycles. The molecule has 1 rings (SSSR count). The Morgan fingerprint density at radius 1 is 1.43 bits per heavy atom. The van der Waals surface area contributed by atoms with E-state index in [1.54, 1.807) is 6.07 Å². The number of nitro benzene ring substituents is 1. The number of methoxy groups -OCH3 is 1. The monoisotopic (exact) mass is 296 g/mol. The van der Waals surface area contributed by atoms with Crippen LogP contribution in [0.5, 0.6) is 5.75 Å². The first-order valence-corrected chi connectivity index (χ1v) is 6.78. The Balaban J connectivity index is 3.02. The third-order valence-electron chi connectivity index (χ3n) is 3.10. The molecule has 0 aliphatic rings. The number of carbonyl (C=O) groups is 1. The Labute approximate surface area is 123 Å². The molecule has 0 bridgehead atoms. The first kappa shape index (κ1) is 16.7. The Kier molecular flexibility index (Phi) is 6.45. The summed E-state index contributed by atoms with van der Waals surface area (Å²) in [5, 5.41) is 19.9. The van der Waals surface area contributed by atoms with Gasteiger partial charge in [0.25, 0.3) is 0 Å². The summed E-state index contributed by atoms with van der Waals surface area (Å²) in [6.07, 6.45) is 1.84. The Morgan fingerprint density at radius 3 is 2.67 bits per heavy atom. The minimum atomic E-state index is -0.889. The minimum absolute atomic E-state index is 0.0104. The zero-order chi connectivity index (χ0) is 15.8. The lowest BCUT2D eigenvalue weighted by atomic mass is 10.2.